The van der Waals surface area contributed by atoms with Gasteiger partial charge in [-0.25, -0.2) is 5.01 Å². The number of methoxy groups -OCH3 is 3. The molecule has 2 aromatic heterocycles. The fraction of sp³-hybridized carbons (Fsp3) is 0.250. The number of aryl methyl sites for hydroxylation is 1. The number of nitrogens with one attached hydrogen (secondary N) is 1. The lowest BCUT2D eigenvalue weighted by atomic mass is 10.0. The molecule has 1 aliphatic heterocycles. The topological polar surface area (TPSA) is 120 Å². The molecule has 13 heteroatoms. The standard InChI is InChI=1S/C36H36N6O5S2/c1-45-27-14-11-25(12-15-27)29-21-28(32-10-7-19-48-32)40-42(29)34(43)23-49-36-39-38-33(41(36)18-17-24-8-5-4-6-9-24)22-37-35(44)26-13-16-30(46-2)31(20-26)47-3/h4-16,19-20,29H,17-18,21-23H2,1-3H3,(H,37,44)/t29-/m1/s1. The molecule has 11 nitrogen and oxygen atoms in total. The van der Waals surface area contributed by atoms with Crippen LogP contribution in [0.15, 0.2) is 101 Å². The van der Waals surface area contributed by atoms with Crippen LogP contribution < -0.4 is 19.5 Å². The smallest absolute Gasteiger partial charge is 0.253 e. The van der Waals surface area contributed by atoms with Crippen molar-refractivity contribution in [3.8, 4) is 17.2 Å². The molecule has 49 heavy (non-hydrogen) atoms. The molecule has 6 rings (SSSR count). The van der Waals surface area contributed by atoms with Crippen molar-refractivity contribution in [2.75, 3.05) is 27.1 Å². The Labute approximate surface area is 292 Å². The summed E-state index contributed by atoms with van der Waals surface area (Å²) in [7, 11) is 4.70. The number of rotatable bonds is 14. The van der Waals surface area contributed by atoms with Crippen molar-refractivity contribution in [3.05, 3.63) is 118 Å². The van der Waals surface area contributed by atoms with Crippen LogP contribution in [0.3, 0.4) is 0 Å². The second kappa shape index (κ2) is 15.8. The molecule has 0 aliphatic carbocycles. The van der Waals surface area contributed by atoms with Gasteiger partial charge in [-0.15, -0.1) is 21.5 Å². The van der Waals surface area contributed by atoms with Crippen LogP contribution >= 0.6 is 23.1 Å². The first kappa shape index (κ1) is 33.7. The third-order valence-electron chi connectivity index (χ3n) is 8.11. The van der Waals surface area contributed by atoms with Crippen LogP contribution in [0.5, 0.6) is 17.2 Å². The zero-order valence-corrected chi connectivity index (χ0v) is 29.0. The van der Waals surface area contributed by atoms with E-state index in [0.29, 0.717) is 41.0 Å². The number of amides is 2. The maximum Gasteiger partial charge on any atom is 0.253 e. The second-order valence-electron chi connectivity index (χ2n) is 11.1. The zero-order chi connectivity index (χ0) is 34.2. The van der Waals surface area contributed by atoms with E-state index in [1.54, 1.807) is 48.8 Å². The average Bonchev–Trinajstić information content (AvgIpc) is 3.93. The maximum atomic E-state index is 13.9. The molecular weight excluding hydrogens is 661 g/mol. The summed E-state index contributed by atoms with van der Waals surface area (Å²) in [5.74, 6) is 2.00. The Kier molecular flexibility index (Phi) is 10.9. The predicted molar refractivity (Wildman–Crippen MR) is 190 cm³/mol. The second-order valence-corrected chi connectivity index (χ2v) is 13.0. The minimum Gasteiger partial charge on any atom is -0.497 e. The van der Waals surface area contributed by atoms with Crippen LogP contribution in [-0.2, 0) is 24.3 Å². The fourth-order valence-corrected chi connectivity index (χ4v) is 7.07. The number of aromatic nitrogens is 3. The Morgan fingerprint density at radius 3 is 2.43 bits per heavy atom. The van der Waals surface area contributed by atoms with Gasteiger partial charge in [0.15, 0.2) is 22.5 Å². The molecule has 1 aliphatic rings. The van der Waals surface area contributed by atoms with Gasteiger partial charge < -0.3 is 24.1 Å². The molecule has 1 atom stereocenters. The molecule has 3 heterocycles. The number of thioether (sulfide) groups is 1. The fourth-order valence-electron chi connectivity index (χ4n) is 5.52. The number of carbonyl (C=O) groups excluding carboxylic acids is 2. The number of hydrogen-bond donors (Lipinski definition) is 1. The highest BCUT2D eigenvalue weighted by molar-refractivity contribution is 7.99. The monoisotopic (exact) mass is 696 g/mol. The first-order valence-corrected chi connectivity index (χ1v) is 17.5. The molecule has 5 aromatic rings. The molecule has 1 N–H and O–H groups in total. The first-order valence-electron chi connectivity index (χ1n) is 15.6. The van der Waals surface area contributed by atoms with Gasteiger partial charge in [0, 0.05) is 18.5 Å². The van der Waals surface area contributed by atoms with Gasteiger partial charge in [0.25, 0.3) is 11.8 Å². The SMILES string of the molecule is COc1ccc([C@H]2CC(c3cccs3)=NN2C(=O)CSc2nnc(CNC(=O)c3ccc(OC)c(OC)c3)n2CCc2ccccc2)cc1. The van der Waals surface area contributed by atoms with Crippen LogP contribution in [-0.4, -0.2) is 64.4 Å². The lowest BCUT2D eigenvalue weighted by molar-refractivity contribution is -0.130. The van der Waals surface area contributed by atoms with Gasteiger partial charge >= 0.3 is 0 Å². The molecule has 0 radical (unpaired) electrons. The summed E-state index contributed by atoms with van der Waals surface area (Å²) >= 11 is 2.91. The Hall–Kier alpha value is -5.14. The van der Waals surface area contributed by atoms with Crippen LogP contribution in [0.4, 0.5) is 0 Å². The van der Waals surface area contributed by atoms with E-state index in [1.807, 2.05) is 64.5 Å². The Balaban J connectivity index is 1.19. The number of benzene rings is 3. The molecule has 0 fully saturated rings. The van der Waals surface area contributed by atoms with Gasteiger partial charge in [0.1, 0.15) is 5.75 Å². The lowest BCUT2D eigenvalue weighted by Gasteiger charge is -2.22. The maximum absolute atomic E-state index is 13.9. The molecule has 0 saturated heterocycles. The summed E-state index contributed by atoms with van der Waals surface area (Å²) in [6.07, 6.45) is 1.33. The number of hydrogen-bond acceptors (Lipinski definition) is 10. The number of nitrogens with zero attached hydrogens (tertiary/aromatic N) is 5. The highest BCUT2D eigenvalue weighted by Gasteiger charge is 2.33. The molecule has 0 bridgehead atoms. The van der Waals surface area contributed by atoms with Crippen LogP contribution in [0.25, 0.3) is 0 Å². The van der Waals surface area contributed by atoms with E-state index in [1.165, 1.54) is 18.9 Å². The third kappa shape index (κ3) is 7.95. The highest BCUT2D eigenvalue weighted by atomic mass is 32.2. The van der Waals surface area contributed by atoms with E-state index < -0.39 is 0 Å². The summed E-state index contributed by atoms with van der Waals surface area (Å²) < 4.78 is 18.0. The van der Waals surface area contributed by atoms with Gasteiger partial charge in [-0.05, 0) is 59.3 Å². The quantitative estimate of drug-likeness (QED) is 0.140. The summed E-state index contributed by atoms with van der Waals surface area (Å²) in [5, 5.41) is 20.8. The van der Waals surface area contributed by atoms with Gasteiger partial charge in [0.05, 0.1) is 50.3 Å². The molecule has 0 spiro atoms. The van der Waals surface area contributed by atoms with Crippen molar-refractivity contribution in [1.29, 1.82) is 0 Å². The number of ether oxygens (including phenoxy) is 3. The van der Waals surface area contributed by atoms with Gasteiger partial charge in [0.2, 0.25) is 0 Å². The molecule has 0 saturated carbocycles. The van der Waals surface area contributed by atoms with E-state index in [-0.39, 0.29) is 30.2 Å². The number of carbonyl (C=O) groups is 2. The Morgan fingerprint density at radius 2 is 1.71 bits per heavy atom. The minimum absolute atomic E-state index is 0.106. The zero-order valence-electron chi connectivity index (χ0n) is 27.4. The van der Waals surface area contributed by atoms with Gasteiger partial charge in [-0.1, -0.05) is 60.3 Å². The molecule has 252 valence electrons. The molecule has 0 unspecified atom stereocenters. The highest BCUT2D eigenvalue weighted by Crippen LogP contribution is 2.35. The summed E-state index contributed by atoms with van der Waals surface area (Å²) in [4.78, 5) is 28.0. The summed E-state index contributed by atoms with van der Waals surface area (Å²) in [6, 6.07) is 26.6. The Morgan fingerprint density at radius 1 is 0.918 bits per heavy atom. The Bertz CT molecular complexity index is 1910. The van der Waals surface area contributed by atoms with Gasteiger partial charge in [-0.3, -0.25) is 9.59 Å². The van der Waals surface area contributed by atoms with Crippen LogP contribution in [0, 0.1) is 0 Å². The van der Waals surface area contributed by atoms with Crippen molar-refractivity contribution in [2.24, 2.45) is 5.10 Å². The van der Waals surface area contributed by atoms with E-state index in [2.05, 4.69) is 27.6 Å². The van der Waals surface area contributed by atoms with Crippen LogP contribution in [0.1, 0.15) is 44.6 Å². The number of thiophene rings is 1. The summed E-state index contributed by atoms with van der Waals surface area (Å²) in [5.41, 5.74) is 3.44. The van der Waals surface area contributed by atoms with Crippen molar-refractivity contribution in [3.63, 3.8) is 0 Å². The third-order valence-corrected chi connectivity index (χ3v) is 9.98. The van der Waals surface area contributed by atoms with E-state index in [4.69, 9.17) is 19.3 Å². The minimum atomic E-state index is -0.291. The van der Waals surface area contributed by atoms with Crippen molar-refractivity contribution < 1.29 is 23.8 Å². The largest absolute Gasteiger partial charge is 0.497 e. The summed E-state index contributed by atoms with van der Waals surface area (Å²) in [6.45, 7) is 0.706. The van der Waals surface area contributed by atoms with E-state index >= 15 is 0 Å². The van der Waals surface area contributed by atoms with Crippen molar-refractivity contribution in [2.45, 2.75) is 37.1 Å². The molecule has 2 amide bonds. The number of hydrazone groups is 1. The van der Waals surface area contributed by atoms with E-state index in [0.717, 1.165) is 33.9 Å². The van der Waals surface area contributed by atoms with Crippen molar-refractivity contribution >= 4 is 40.6 Å². The van der Waals surface area contributed by atoms with Gasteiger partial charge in [-0.2, -0.15) is 5.10 Å². The first-order chi connectivity index (χ1) is 24.0. The van der Waals surface area contributed by atoms with Crippen molar-refractivity contribution in [1.82, 2.24) is 25.1 Å². The molecular formula is C36H36N6O5S2. The normalized spacial score (nSPS) is 14.0. The van der Waals surface area contributed by atoms with Crippen LogP contribution in [0.2, 0.25) is 0 Å². The molecule has 3 aromatic carbocycles. The van der Waals surface area contributed by atoms with E-state index in [9.17, 15) is 9.59 Å². The average molecular weight is 697 g/mol. The lowest BCUT2D eigenvalue weighted by Crippen LogP contribution is -2.28. The predicted octanol–water partition coefficient (Wildman–Crippen LogP) is 6.01.